The van der Waals surface area contributed by atoms with Gasteiger partial charge in [0.2, 0.25) is 0 Å². The van der Waals surface area contributed by atoms with Gasteiger partial charge < -0.3 is 9.47 Å². The van der Waals surface area contributed by atoms with Gasteiger partial charge in [-0.15, -0.1) is 0 Å². The van der Waals surface area contributed by atoms with E-state index in [2.05, 4.69) is 22.9 Å². The number of hydrogen-bond donors (Lipinski definition) is 0. The molecule has 0 heterocycles. The standard InChI is InChI=1S/C12H15BrO3/c1-2-5-15-6-7-16-12-4-3-11(13)8-10(12)9-14/h3-4,8-9H,2,5-7H2,1H3. The first-order valence-electron chi connectivity index (χ1n) is 5.23. The van der Waals surface area contributed by atoms with Crippen LogP contribution in [0.4, 0.5) is 0 Å². The number of benzene rings is 1. The van der Waals surface area contributed by atoms with Crippen molar-refractivity contribution in [1.82, 2.24) is 0 Å². The van der Waals surface area contributed by atoms with Crippen molar-refractivity contribution in [3.63, 3.8) is 0 Å². The van der Waals surface area contributed by atoms with Crippen molar-refractivity contribution in [3.05, 3.63) is 28.2 Å². The van der Waals surface area contributed by atoms with Gasteiger partial charge in [0.15, 0.2) is 6.29 Å². The molecule has 0 fully saturated rings. The van der Waals surface area contributed by atoms with Crippen LogP contribution in [0.3, 0.4) is 0 Å². The highest BCUT2D eigenvalue weighted by Gasteiger charge is 2.03. The maximum absolute atomic E-state index is 10.8. The quantitative estimate of drug-likeness (QED) is 0.571. The highest BCUT2D eigenvalue weighted by molar-refractivity contribution is 9.10. The second-order valence-corrected chi connectivity index (χ2v) is 4.18. The summed E-state index contributed by atoms with van der Waals surface area (Å²) in [7, 11) is 0. The number of halogens is 1. The van der Waals surface area contributed by atoms with Gasteiger partial charge in [0, 0.05) is 11.1 Å². The molecule has 3 nitrogen and oxygen atoms in total. The summed E-state index contributed by atoms with van der Waals surface area (Å²) in [4.78, 5) is 10.8. The summed E-state index contributed by atoms with van der Waals surface area (Å²) in [5, 5.41) is 0. The Balaban J connectivity index is 2.44. The molecule has 0 radical (unpaired) electrons. The van der Waals surface area contributed by atoms with Crippen molar-refractivity contribution in [2.45, 2.75) is 13.3 Å². The molecule has 1 rings (SSSR count). The first-order valence-corrected chi connectivity index (χ1v) is 6.02. The smallest absolute Gasteiger partial charge is 0.153 e. The Kier molecular flexibility index (Phi) is 6.11. The molecule has 0 saturated heterocycles. The minimum atomic E-state index is 0.461. The van der Waals surface area contributed by atoms with Crippen molar-refractivity contribution < 1.29 is 14.3 Å². The lowest BCUT2D eigenvalue weighted by Crippen LogP contribution is -2.08. The van der Waals surface area contributed by atoms with Crippen molar-refractivity contribution in [2.24, 2.45) is 0 Å². The Hall–Kier alpha value is -0.870. The Morgan fingerprint density at radius 1 is 1.31 bits per heavy atom. The predicted octanol–water partition coefficient (Wildman–Crippen LogP) is 3.07. The van der Waals surface area contributed by atoms with Gasteiger partial charge in [-0.25, -0.2) is 0 Å². The highest BCUT2D eigenvalue weighted by atomic mass is 79.9. The Bertz CT molecular complexity index is 339. The minimum absolute atomic E-state index is 0.461. The predicted molar refractivity (Wildman–Crippen MR) is 66.1 cm³/mol. The van der Waals surface area contributed by atoms with Crippen LogP contribution in [0.2, 0.25) is 0 Å². The third-order valence-electron chi connectivity index (χ3n) is 1.93. The van der Waals surface area contributed by atoms with Crippen LogP contribution >= 0.6 is 15.9 Å². The normalized spacial score (nSPS) is 10.1. The summed E-state index contributed by atoms with van der Waals surface area (Å²) in [6.45, 7) is 3.80. The molecule has 88 valence electrons. The maximum Gasteiger partial charge on any atom is 0.153 e. The van der Waals surface area contributed by atoms with Crippen LogP contribution in [0.5, 0.6) is 5.75 Å². The van der Waals surface area contributed by atoms with Gasteiger partial charge in [-0.2, -0.15) is 0 Å². The average molecular weight is 287 g/mol. The number of aldehydes is 1. The molecule has 0 atom stereocenters. The van der Waals surface area contributed by atoms with Crippen LogP contribution in [-0.4, -0.2) is 26.1 Å². The van der Waals surface area contributed by atoms with E-state index in [9.17, 15) is 4.79 Å². The molecule has 0 N–H and O–H groups in total. The van der Waals surface area contributed by atoms with Crippen molar-refractivity contribution in [3.8, 4) is 5.75 Å². The van der Waals surface area contributed by atoms with E-state index >= 15 is 0 Å². The largest absolute Gasteiger partial charge is 0.490 e. The Morgan fingerprint density at radius 3 is 2.81 bits per heavy atom. The zero-order chi connectivity index (χ0) is 11.8. The van der Waals surface area contributed by atoms with Crippen LogP contribution in [0.1, 0.15) is 23.7 Å². The third-order valence-corrected chi connectivity index (χ3v) is 2.43. The number of carbonyl (C=O) groups excluding carboxylic acids is 1. The molecule has 0 unspecified atom stereocenters. The molecular formula is C12H15BrO3. The Labute approximate surface area is 104 Å². The topological polar surface area (TPSA) is 35.5 Å². The van der Waals surface area contributed by atoms with Crippen molar-refractivity contribution >= 4 is 22.2 Å². The van der Waals surface area contributed by atoms with Crippen LogP contribution in [-0.2, 0) is 4.74 Å². The van der Waals surface area contributed by atoms with E-state index in [4.69, 9.17) is 9.47 Å². The van der Waals surface area contributed by atoms with Crippen LogP contribution in [0, 0.1) is 0 Å². The van der Waals surface area contributed by atoms with E-state index in [1.54, 1.807) is 12.1 Å². The second-order valence-electron chi connectivity index (χ2n) is 3.26. The van der Waals surface area contributed by atoms with Gasteiger partial charge >= 0.3 is 0 Å². The lowest BCUT2D eigenvalue weighted by atomic mass is 10.2. The van der Waals surface area contributed by atoms with E-state index in [1.807, 2.05) is 6.07 Å². The number of hydrogen-bond acceptors (Lipinski definition) is 3. The lowest BCUT2D eigenvalue weighted by Gasteiger charge is -2.08. The molecule has 1 aromatic rings. The molecule has 0 amide bonds. The SMILES string of the molecule is CCCOCCOc1ccc(Br)cc1C=O. The lowest BCUT2D eigenvalue weighted by molar-refractivity contribution is 0.0992. The third kappa shape index (κ3) is 4.33. The molecule has 0 aliphatic rings. The molecule has 0 saturated carbocycles. The van der Waals surface area contributed by atoms with Gasteiger partial charge in [-0.05, 0) is 24.6 Å². The Morgan fingerprint density at radius 2 is 2.12 bits per heavy atom. The van der Waals surface area contributed by atoms with E-state index in [1.165, 1.54) is 0 Å². The molecule has 4 heteroatoms. The number of rotatable bonds is 7. The first kappa shape index (κ1) is 13.2. The second kappa shape index (κ2) is 7.41. The molecule has 0 aliphatic carbocycles. The van der Waals surface area contributed by atoms with Crippen molar-refractivity contribution in [2.75, 3.05) is 19.8 Å². The molecule has 1 aromatic carbocycles. The molecule has 0 spiro atoms. The molecule has 0 aromatic heterocycles. The van der Waals surface area contributed by atoms with Gasteiger partial charge in [0.25, 0.3) is 0 Å². The van der Waals surface area contributed by atoms with Gasteiger partial charge in [-0.3, -0.25) is 4.79 Å². The monoisotopic (exact) mass is 286 g/mol. The van der Waals surface area contributed by atoms with E-state index in [0.29, 0.717) is 24.5 Å². The first-order chi connectivity index (χ1) is 7.77. The molecule has 0 aliphatic heterocycles. The molecular weight excluding hydrogens is 272 g/mol. The molecule has 16 heavy (non-hydrogen) atoms. The fourth-order valence-corrected chi connectivity index (χ4v) is 1.58. The van der Waals surface area contributed by atoms with E-state index < -0.39 is 0 Å². The summed E-state index contributed by atoms with van der Waals surface area (Å²) < 4.78 is 11.6. The zero-order valence-corrected chi connectivity index (χ0v) is 10.8. The summed E-state index contributed by atoms with van der Waals surface area (Å²) in [5.41, 5.74) is 0.546. The summed E-state index contributed by atoms with van der Waals surface area (Å²) in [5.74, 6) is 0.596. The van der Waals surface area contributed by atoms with Gasteiger partial charge in [-0.1, -0.05) is 22.9 Å². The number of carbonyl (C=O) groups is 1. The summed E-state index contributed by atoms with van der Waals surface area (Å²) in [6, 6.07) is 5.35. The average Bonchev–Trinajstić information content (AvgIpc) is 2.30. The van der Waals surface area contributed by atoms with Gasteiger partial charge in [0.05, 0.1) is 12.2 Å². The zero-order valence-electron chi connectivity index (χ0n) is 9.24. The summed E-state index contributed by atoms with van der Waals surface area (Å²) >= 11 is 3.30. The number of ether oxygens (including phenoxy) is 2. The highest BCUT2D eigenvalue weighted by Crippen LogP contribution is 2.21. The van der Waals surface area contributed by atoms with E-state index in [-0.39, 0.29) is 0 Å². The van der Waals surface area contributed by atoms with Crippen molar-refractivity contribution in [1.29, 1.82) is 0 Å². The van der Waals surface area contributed by atoms with Crippen LogP contribution in [0.25, 0.3) is 0 Å². The fraction of sp³-hybridized carbons (Fsp3) is 0.417. The minimum Gasteiger partial charge on any atom is -0.490 e. The van der Waals surface area contributed by atoms with Crippen LogP contribution < -0.4 is 4.74 Å². The molecule has 0 bridgehead atoms. The summed E-state index contributed by atoms with van der Waals surface area (Å²) in [6.07, 6.45) is 1.78. The fourth-order valence-electron chi connectivity index (χ4n) is 1.20. The maximum atomic E-state index is 10.8. The van der Waals surface area contributed by atoms with Gasteiger partial charge in [0.1, 0.15) is 12.4 Å². The van der Waals surface area contributed by atoms with E-state index in [0.717, 1.165) is 23.8 Å². The van der Waals surface area contributed by atoms with Crippen LogP contribution in [0.15, 0.2) is 22.7 Å².